The molecule has 6 rings (SSSR count). The van der Waals surface area contributed by atoms with Crippen molar-refractivity contribution in [1.29, 1.82) is 0 Å². The molecule has 1 spiro atoms. The fourth-order valence-electron chi connectivity index (χ4n) is 6.21. The van der Waals surface area contributed by atoms with E-state index in [9.17, 15) is 5.11 Å². The van der Waals surface area contributed by atoms with E-state index in [4.69, 9.17) is 15.2 Å². The minimum Gasteiger partial charge on any atom is -0.490 e. The molecule has 0 radical (unpaired) electrons. The summed E-state index contributed by atoms with van der Waals surface area (Å²) >= 11 is 0. The fourth-order valence-corrected chi connectivity index (χ4v) is 6.21. The molecule has 206 valence electrons. The van der Waals surface area contributed by atoms with Crippen LogP contribution in [-0.2, 0) is 5.41 Å². The maximum absolute atomic E-state index is 15.4. The third-order valence-corrected chi connectivity index (χ3v) is 8.77. The molecule has 3 fully saturated rings. The lowest BCUT2D eigenvalue weighted by molar-refractivity contribution is -0.0496. The van der Waals surface area contributed by atoms with Crippen molar-refractivity contribution in [3.05, 3.63) is 77.5 Å². The van der Waals surface area contributed by atoms with Gasteiger partial charge in [-0.15, -0.1) is 0 Å². The Morgan fingerprint density at radius 3 is 2.15 bits per heavy atom. The third-order valence-electron chi connectivity index (χ3n) is 8.77. The molecule has 8 heteroatoms. The number of nitrogens with zero attached hydrogens (tertiary/aromatic N) is 3. The Labute approximate surface area is 229 Å². The first-order chi connectivity index (χ1) is 18.6. The van der Waals surface area contributed by atoms with Gasteiger partial charge in [0.05, 0.1) is 6.10 Å². The Hall–Kier alpha value is -3.23. The lowest BCUT2D eigenvalue weighted by Gasteiger charge is -2.58. The monoisotopic (exact) mass is 532 g/mol. The van der Waals surface area contributed by atoms with E-state index in [0.717, 1.165) is 50.1 Å². The zero-order valence-corrected chi connectivity index (χ0v) is 22.8. The van der Waals surface area contributed by atoms with E-state index in [1.807, 2.05) is 29.2 Å². The molecule has 3 N–H and O–H groups in total. The van der Waals surface area contributed by atoms with Crippen molar-refractivity contribution in [3.63, 3.8) is 0 Å². The highest BCUT2D eigenvalue weighted by molar-refractivity contribution is 5.47. The van der Waals surface area contributed by atoms with Gasteiger partial charge in [0.1, 0.15) is 35.7 Å². The van der Waals surface area contributed by atoms with Crippen molar-refractivity contribution in [2.75, 3.05) is 18.0 Å². The summed E-state index contributed by atoms with van der Waals surface area (Å²) in [6.07, 6.45) is 4.21. The molecule has 1 aromatic heterocycles. The van der Waals surface area contributed by atoms with Gasteiger partial charge in [0.2, 0.25) is 0 Å². The Kier molecular flexibility index (Phi) is 6.50. The van der Waals surface area contributed by atoms with Crippen LogP contribution >= 0.6 is 0 Å². The number of nitrogens with two attached hydrogens (primary N) is 1. The molecule has 39 heavy (non-hydrogen) atoms. The summed E-state index contributed by atoms with van der Waals surface area (Å²) in [5, 5.41) is 9.65. The van der Waals surface area contributed by atoms with Crippen LogP contribution in [0.4, 0.5) is 10.2 Å². The summed E-state index contributed by atoms with van der Waals surface area (Å²) in [6, 6.07) is 16.5. The molecule has 0 bridgehead atoms. The van der Waals surface area contributed by atoms with Gasteiger partial charge in [0.15, 0.2) is 11.6 Å². The van der Waals surface area contributed by atoms with Crippen molar-refractivity contribution >= 4 is 5.82 Å². The van der Waals surface area contributed by atoms with E-state index in [1.54, 1.807) is 6.92 Å². The minimum atomic E-state index is -0.580. The molecule has 1 atom stereocenters. The van der Waals surface area contributed by atoms with Crippen LogP contribution in [0.1, 0.15) is 69.4 Å². The average molecular weight is 533 g/mol. The number of hydrogen-bond donors (Lipinski definition) is 2. The predicted octanol–water partition coefficient (Wildman–Crippen LogP) is 4.91. The minimum absolute atomic E-state index is 0.120. The van der Waals surface area contributed by atoms with Crippen molar-refractivity contribution < 1.29 is 19.0 Å². The van der Waals surface area contributed by atoms with Gasteiger partial charge in [-0.05, 0) is 68.0 Å². The summed E-state index contributed by atoms with van der Waals surface area (Å²) in [4.78, 5) is 10.3. The molecule has 1 aliphatic heterocycles. The highest BCUT2D eigenvalue weighted by atomic mass is 19.1. The zero-order valence-electron chi connectivity index (χ0n) is 22.8. The number of aromatic nitrogens is 2. The lowest BCUT2D eigenvalue weighted by Crippen LogP contribution is -2.64. The van der Waals surface area contributed by atoms with Crippen LogP contribution in [0.3, 0.4) is 0 Å². The van der Waals surface area contributed by atoms with E-state index < -0.39 is 11.9 Å². The largest absolute Gasteiger partial charge is 0.490 e. The van der Waals surface area contributed by atoms with Gasteiger partial charge in [0.25, 0.3) is 0 Å². The van der Waals surface area contributed by atoms with Crippen LogP contribution in [0.2, 0.25) is 0 Å². The molecule has 2 saturated carbocycles. The molecular formula is C31H37FN4O3. The number of rotatable bonds is 8. The smallest absolute Gasteiger partial charge is 0.190 e. The molecule has 2 heterocycles. The normalized spacial score (nSPS) is 23.0. The van der Waals surface area contributed by atoms with Crippen LogP contribution in [0, 0.1) is 11.2 Å². The number of hydrogen-bond acceptors (Lipinski definition) is 7. The Bertz CT molecular complexity index is 1310. The van der Waals surface area contributed by atoms with Gasteiger partial charge in [0, 0.05) is 30.0 Å². The van der Waals surface area contributed by atoms with Gasteiger partial charge in [-0.25, -0.2) is 14.4 Å². The van der Waals surface area contributed by atoms with E-state index in [0.29, 0.717) is 11.6 Å². The van der Waals surface area contributed by atoms with E-state index in [2.05, 4.69) is 48.1 Å². The second-order valence-electron chi connectivity index (χ2n) is 12.2. The Morgan fingerprint density at radius 1 is 1.00 bits per heavy atom. The number of anilines is 1. The second kappa shape index (κ2) is 9.75. The Balaban J connectivity index is 1.09. The summed E-state index contributed by atoms with van der Waals surface area (Å²) in [6.45, 7) is 7.61. The molecular weight excluding hydrogens is 495 g/mol. The summed E-state index contributed by atoms with van der Waals surface area (Å²) < 4.78 is 27.5. The molecule has 1 unspecified atom stereocenters. The van der Waals surface area contributed by atoms with Gasteiger partial charge < -0.3 is 25.2 Å². The number of ether oxygens (including phenoxy) is 2. The first-order valence-corrected chi connectivity index (χ1v) is 13.9. The van der Waals surface area contributed by atoms with Gasteiger partial charge >= 0.3 is 0 Å². The topological polar surface area (TPSA) is 93.7 Å². The van der Waals surface area contributed by atoms with Gasteiger partial charge in [-0.2, -0.15) is 0 Å². The predicted molar refractivity (Wildman–Crippen MR) is 148 cm³/mol. The van der Waals surface area contributed by atoms with Crippen LogP contribution < -0.4 is 20.1 Å². The quantitative estimate of drug-likeness (QED) is 0.426. The van der Waals surface area contributed by atoms with E-state index in [-0.39, 0.29) is 34.8 Å². The zero-order chi connectivity index (χ0) is 27.4. The van der Waals surface area contributed by atoms with Crippen LogP contribution in [0.15, 0.2) is 54.9 Å². The number of aliphatic hydroxyl groups is 1. The highest BCUT2D eigenvalue weighted by Gasteiger charge is 2.52. The van der Waals surface area contributed by atoms with Gasteiger partial charge in [-0.1, -0.05) is 38.1 Å². The van der Waals surface area contributed by atoms with Gasteiger partial charge in [-0.3, -0.25) is 0 Å². The number of benzene rings is 2. The maximum Gasteiger partial charge on any atom is 0.190 e. The van der Waals surface area contributed by atoms with Crippen molar-refractivity contribution in [2.24, 2.45) is 11.1 Å². The number of aliphatic hydroxyl groups excluding tert-OH is 1. The molecule has 3 aliphatic rings. The molecule has 2 aliphatic carbocycles. The van der Waals surface area contributed by atoms with Crippen molar-refractivity contribution in [1.82, 2.24) is 9.97 Å². The molecule has 3 aromatic rings. The average Bonchev–Trinajstić information content (AvgIpc) is 2.85. The molecule has 1 saturated heterocycles. The maximum atomic E-state index is 15.4. The van der Waals surface area contributed by atoms with E-state index in [1.165, 1.54) is 11.9 Å². The lowest BCUT2D eigenvalue weighted by atomic mass is 9.62. The SMILES string of the molecule is CC(Oc1ccc(C(C)(C)c2ccc(OC3CC(N)C3)cc2)cc1)c1ncnc(N2CC3(CC(O)C3)C2)c1F. The highest BCUT2D eigenvalue weighted by Crippen LogP contribution is 2.49. The van der Waals surface area contributed by atoms with Crippen LogP contribution in [0.25, 0.3) is 0 Å². The first kappa shape index (κ1) is 26.0. The standard InChI is InChI=1S/C31H37FN4O3/c1-19(28-27(32)29(35-18-34-28)36-16-31(17-36)14-23(37)15-31)38-24-8-4-20(5-9-24)30(2,3)21-6-10-25(11-7-21)39-26-12-22(33)13-26/h4-11,18-19,22-23,26,37H,12-17,33H2,1-3H3. The number of halogens is 1. The molecule has 0 amide bonds. The van der Waals surface area contributed by atoms with Crippen LogP contribution in [0.5, 0.6) is 11.5 Å². The third kappa shape index (κ3) is 4.96. The fraction of sp³-hybridized carbons (Fsp3) is 0.484. The van der Waals surface area contributed by atoms with Crippen molar-refractivity contribution in [3.8, 4) is 11.5 Å². The molecule has 7 nitrogen and oxygen atoms in total. The molecule has 2 aromatic carbocycles. The van der Waals surface area contributed by atoms with Crippen LogP contribution in [-0.4, -0.2) is 46.4 Å². The Morgan fingerprint density at radius 2 is 1.59 bits per heavy atom. The van der Waals surface area contributed by atoms with E-state index >= 15 is 4.39 Å². The summed E-state index contributed by atoms with van der Waals surface area (Å²) in [5.74, 6) is 1.40. The second-order valence-corrected chi connectivity index (χ2v) is 12.2. The summed E-state index contributed by atoms with van der Waals surface area (Å²) in [7, 11) is 0. The van der Waals surface area contributed by atoms with Crippen molar-refractivity contribution in [2.45, 2.75) is 76.2 Å². The summed E-state index contributed by atoms with van der Waals surface area (Å²) in [5.41, 5.74) is 8.33. The first-order valence-electron chi connectivity index (χ1n) is 13.9.